The zero-order chi connectivity index (χ0) is 14.3. The smallest absolute Gasteiger partial charge is 0.145 e. The first kappa shape index (κ1) is 16.4. The molecule has 1 rings (SSSR count). The normalized spacial score (nSPS) is 14.4. The largest absolute Gasteiger partial charge is 0.383 e. The van der Waals surface area contributed by atoms with Crippen LogP contribution in [0.25, 0.3) is 0 Å². The van der Waals surface area contributed by atoms with E-state index >= 15 is 0 Å². The summed E-state index contributed by atoms with van der Waals surface area (Å²) in [4.78, 5) is 0. The number of nitrogens with one attached hydrogen (secondary N) is 1. The van der Waals surface area contributed by atoms with Crippen molar-refractivity contribution >= 4 is 11.6 Å². The first-order valence-corrected chi connectivity index (χ1v) is 7.13. The molecule has 0 aliphatic carbocycles. The summed E-state index contributed by atoms with van der Waals surface area (Å²) in [6.45, 7) is 6.42. The van der Waals surface area contributed by atoms with Gasteiger partial charge in [-0.3, -0.25) is 0 Å². The van der Waals surface area contributed by atoms with E-state index in [1.807, 2.05) is 12.1 Å². The molecule has 4 heteroatoms. The van der Waals surface area contributed by atoms with Gasteiger partial charge in [-0.05, 0) is 17.5 Å². The van der Waals surface area contributed by atoms with Crippen LogP contribution in [-0.2, 0) is 4.74 Å². The first-order chi connectivity index (χ1) is 9.11. The van der Waals surface area contributed by atoms with Gasteiger partial charge in [0.2, 0.25) is 0 Å². The number of methoxy groups -OCH3 is 1. The summed E-state index contributed by atoms with van der Waals surface area (Å²) in [5.41, 5.74) is 0.701. The predicted octanol–water partition coefficient (Wildman–Crippen LogP) is 3.84. The fourth-order valence-electron chi connectivity index (χ4n) is 2.14. The van der Waals surface area contributed by atoms with Crippen LogP contribution < -0.4 is 5.32 Å². The average molecular weight is 288 g/mol. The monoisotopic (exact) mass is 287 g/mol. The number of rotatable bonds is 8. The number of hydrogen-bond acceptors (Lipinski definition) is 2. The summed E-state index contributed by atoms with van der Waals surface area (Å²) in [6, 6.07) is 5.23. The molecule has 0 spiro atoms. The molecule has 1 aromatic carbocycles. The lowest BCUT2D eigenvalue weighted by atomic mass is 9.85. The van der Waals surface area contributed by atoms with Crippen LogP contribution in [0.3, 0.4) is 0 Å². The molecule has 0 aromatic heterocycles. The SMILES string of the molecule is CCC(C)C(CNCCOC)c1cccc(Cl)c1F. The molecule has 1 aromatic rings. The molecule has 0 fully saturated rings. The van der Waals surface area contributed by atoms with Crippen LogP contribution >= 0.6 is 11.6 Å². The molecule has 2 unspecified atom stereocenters. The molecule has 1 N–H and O–H groups in total. The molecule has 0 saturated heterocycles. The second-order valence-electron chi connectivity index (χ2n) is 4.83. The molecule has 19 heavy (non-hydrogen) atoms. The van der Waals surface area contributed by atoms with Crippen molar-refractivity contribution < 1.29 is 9.13 Å². The summed E-state index contributed by atoms with van der Waals surface area (Å²) in [5, 5.41) is 3.51. The Labute approximate surface area is 120 Å². The lowest BCUT2D eigenvalue weighted by Gasteiger charge is -2.24. The van der Waals surface area contributed by atoms with Crippen LogP contribution in [-0.4, -0.2) is 26.8 Å². The van der Waals surface area contributed by atoms with Crippen molar-refractivity contribution in [3.8, 4) is 0 Å². The van der Waals surface area contributed by atoms with E-state index in [9.17, 15) is 4.39 Å². The molecule has 0 bridgehead atoms. The van der Waals surface area contributed by atoms with Gasteiger partial charge in [0, 0.05) is 26.1 Å². The highest BCUT2D eigenvalue weighted by atomic mass is 35.5. The minimum Gasteiger partial charge on any atom is -0.383 e. The zero-order valence-corrected chi connectivity index (χ0v) is 12.6. The van der Waals surface area contributed by atoms with Crippen molar-refractivity contribution in [1.82, 2.24) is 5.32 Å². The molecule has 0 radical (unpaired) electrons. The van der Waals surface area contributed by atoms with Crippen molar-refractivity contribution in [1.29, 1.82) is 0 Å². The number of benzene rings is 1. The topological polar surface area (TPSA) is 21.3 Å². The molecule has 0 aliphatic heterocycles. The van der Waals surface area contributed by atoms with E-state index in [2.05, 4.69) is 19.2 Å². The molecule has 0 aliphatic rings. The van der Waals surface area contributed by atoms with Gasteiger partial charge in [-0.2, -0.15) is 0 Å². The van der Waals surface area contributed by atoms with E-state index in [-0.39, 0.29) is 16.8 Å². The predicted molar refractivity (Wildman–Crippen MR) is 78.4 cm³/mol. The van der Waals surface area contributed by atoms with Crippen LogP contribution in [0.15, 0.2) is 18.2 Å². The summed E-state index contributed by atoms with van der Waals surface area (Å²) in [6.07, 6.45) is 1.00. The zero-order valence-electron chi connectivity index (χ0n) is 11.9. The number of ether oxygens (including phenoxy) is 1. The van der Waals surface area contributed by atoms with Crippen LogP contribution in [0.5, 0.6) is 0 Å². The van der Waals surface area contributed by atoms with E-state index in [1.54, 1.807) is 13.2 Å². The highest BCUT2D eigenvalue weighted by Crippen LogP contribution is 2.31. The fourth-order valence-corrected chi connectivity index (χ4v) is 2.32. The molecular weight excluding hydrogens is 265 g/mol. The van der Waals surface area contributed by atoms with Crippen LogP contribution in [0.1, 0.15) is 31.7 Å². The van der Waals surface area contributed by atoms with E-state index in [0.29, 0.717) is 18.1 Å². The Bertz CT molecular complexity index is 386. The maximum Gasteiger partial charge on any atom is 0.145 e. The van der Waals surface area contributed by atoms with Crippen molar-refractivity contribution in [2.75, 3.05) is 26.8 Å². The van der Waals surface area contributed by atoms with Gasteiger partial charge in [-0.25, -0.2) is 4.39 Å². The van der Waals surface area contributed by atoms with Gasteiger partial charge in [-0.15, -0.1) is 0 Å². The summed E-state index contributed by atoms with van der Waals surface area (Å²) < 4.78 is 19.1. The molecule has 0 saturated carbocycles. The van der Waals surface area contributed by atoms with Crippen molar-refractivity contribution in [2.24, 2.45) is 5.92 Å². The van der Waals surface area contributed by atoms with Crippen molar-refractivity contribution in [3.05, 3.63) is 34.6 Å². The third-order valence-corrected chi connectivity index (χ3v) is 3.85. The standard InChI is InChI=1S/C15H23ClFNO/c1-4-11(2)13(10-18-8-9-19-3)12-6-5-7-14(16)15(12)17/h5-7,11,13,18H,4,8-10H2,1-3H3. The van der Waals surface area contributed by atoms with Gasteiger partial charge in [0.1, 0.15) is 5.82 Å². The Morgan fingerprint density at radius 2 is 2.16 bits per heavy atom. The molecule has 0 heterocycles. The van der Waals surface area contributed by atoms with E-state index in [0.717, 1.165) is 19.5 Å². The Morgan fingerprint density at radius 3 is 2.79 bits per heavy atom. The van der Waals surface area contributed by atoms with E-state index in [1.165, 1.54) is 0 Å². The lowest BCUT2D eigenvalue weighted by Crippen LogP contribution is -2.28. The molecule has 2 nitrogen and oxygen atoms in total. The summed E-state index contributed by atoms with van der Waals surface area (Å²) in [7, 11) is 1.67. The summed E-state index contributed by atoms with van der Waals surface area (Å²) >= 11 is 5.87. The minimum absolute atomic E-state index is 0.126. The van der Waals surface area contributed by atoms with Gasteiger partial charge < -0.3 is 10.1 Å². The quantitative estimate of drug-likeness (QED) is 0.734. The molecule has 108 valence electrons. The van der Waals surface area contributed by atoms with Gasteiger partial charge >= 0.3 is 0 Å². The Hall–Kier alpha value is -0.640. The lowest BCUT2D eigenvalue weighted by molar-refractivity contribution is 0.198. The summed E-state index contributed by atoms with van der Waals surface area (Å²) in [5.74, 6) is 0.228. The van der Waals surface area contributed by atoms with Crippen molar-refractivity contribution in [2.45, 2.75) is 26.2 Å². The van der Waals surface area contributed by atoms with Gasteiger partial charge in [0.25, 0.3) is 0 Å². The van der Waals surface area contributed by atoms with Gasteiger partial charge in [0.15, 0.2) is 0 Å². The Balaban J connectivity index is 2.81. The van der Waals surface area contributed by atoms with Crippen LogP contribution in [0, 0.1) is 11.7 Å². The van der Waals surface area contributed by atoms with Gasteiger partial charge in [0.05, 0.1) is 11.6 Å². The number of hydrogen-bond donors (Lipinski definition) is 1. The second-order valence-corrected chi connectivity index (χ2v) is 5.24. The van der Waals surface area contributed by atoms with E-state index in [4.69, 9.17) is 16.3 Å². The third-order valence-electron chi connectivity index (χ3n) is 3.56. The highest BCUT2D eigenvalue weighted by Gasteiger charge is 2.22. The maximum absolute atomic E-state index is 14.1. The fraction of sp³-hybridized carbons (Fsp3) is 0.600. The van der Waals surface area contributed by atoms with Crippen LogP contribution in [0.4, 0.5) is 4.39 Å². The minimum atomic E-state index is -0.289. The molecule has 0 amide bonds. The first-order valence-electron chi connectivity index (χ1n) is 6.75. The number of halogens is 2. The second kappa shape index (κ2) is 8.51. The maximum atomic E-state index is 14.1. The van der Waals surface area contributed by atoms with Gasteiger partial charge in [-0.1, -0.05) is 44.0 Å². The van der Waals surface area contributed by atoms with Crippen LogP contribution in [0.2, 0.25) is 5.02 Å². The molecular formula is C15H23ClFNO. The van der Waals surface area contributed by atoms with Crippen molar-refractivity contribution in [3.63, 3.8) is 0 Å². The highest BCUT2D eigenvalue weighted by molar-refractivity contribution is 6.30. The Morgan fingerprint density at radius 1 is 1.42 bits per heavy atom. The average Bonchev–Trinajstić information content (AvgIpc) is 2.42. The van der Waals surface area contributed by atoms with E-state index < -0.39 is 0 Å². The Kier molecular flexibility index (Phi) is 7.36. The molecule has 2 atom stereocenters. The third kappa shape index (κ3) is 4.75.